The molecule has 1 heterocycles. The van der Waals surface area contributed by atoms with Crippen molar-refractivity contribution in [3.05, 3.63) is 12.2 Å². The molecule has 1 fully saturated rings. The smallest absolute Gasteiger partial charge is 0.138 e. The van der Waals surface area contributed by atoms with Crippen LogP contribution in [-0.4, -0.2) is 26.5 Å². The van der Waals surface area contributed by atoms with Crippen molar-refractivity contribution in [3.63, 3.8) is 0 Å². The fourth-order valence-corrected chi connectivity index (χ4v) is 2.39. The van der Waals surface area contributed by atoms with Crippen molar-refractivity contribution in [1.82, 2.24) is 14.8 Å². The van der Waals surface area contributed by atoms with Crippen LogP contribution in [-0.2, 0) is 13.0 Å². The monoisotopic (exact) mass is 237 g/mol. The van der Waals surface area contributed by atoms with Crippen molar-refractivity contribution in [2.45, 2.75) is 46.6 Å². The van der Waals surface area contributed by atoms with Crippen LogP contribution in [0.2, 0.25) is 0 Å². The fraction of sp³-hybridized carbons (Fsp3) is 0.846. The van der Waals surface area contributed by atoms with Gasteiger partial charge in [0.2, 0.25) is 0 Å². The van der Waals surface area contributed by atoms with Gasteiger partial charge in [-0.1, -0.05) is 20.8 Å². The van der Waals surface area contributed by atoms with E-state index in [1.54, 1.807) is 6.33 Å². The van der Waals surface area contributed by atoms with Gasteiger partial charge in [-0.3, -0.25) is 0 Å². The average molecular weight is 237 g/mol. The molecule has 1 aromatic heterocycles. The lowest BCUT2D eigenvalue weighted by Crippen LogP contribution is -2.29. The van der Waals surface area contributed by atoms with E-state index in [2.05, 4.69) is 30.9 Å². The minimum absolute atomic E-state index is 0.0121. The van der Waals surface area contributed by atoms with Crippen LogP contribution in [0.15, 0.2) is 6.33 Å². The molecule has 96 valence electrons. The molecule has 1 atom stereocenters. The molecule has 0 saturated heterocycles. The first-order valence-corrected chi connectivity index (χ1v) is 6.52. The molecule has 2 rings (SSSR count). The van der Waals surface area contributed by atoms with E-state index in [0.717, 1.165) is 18.8 Å². The van der Waals surface area contributed by atoms with E-state index in [1.165, 1.54) is 12.8 Å². The van der Waals surface area contributed by atoms with Gasteiger partial charge in [-0.2, -0.15) is 5.10 Å². The third-order valence-electron chi connectivity index (χ3n) is 3.72. The van der Waals surface area contributed by atoms with Crippen LogP contribution in [0.25, 0.3) is 0 Å². The van der Waals surface area contributed by atoms with E-state index in [0.29, 0.717) is 11.8 Å². The largest absolute Gasteiger partial charge is 0.396 e. The summed E-state index contributed by atoms with van der Waals surface area (Å²) in [5.41, 5.74) is -0.0121. The molecule has 0 radical (unpaired) electrons. The first-order chi connectivity index (χ1) is 8.05. The van der Waals surface area contributed by atoms with Gasteiger partial charge in [0.25, 0.3) is 0 Å². The lowest BCUT2D eigenvalue weighted by molar-refractivity contribution is 0.116. The number of aliphatic hydroxyl groups excluding tert-OH is 1. The number of aromatic nitrogens is 3. The van der Waals surface area contributed by atoms with Crippen molar-refractivity contribution in [1.29, 1.82) is 0 Å². The molecular formula is C13H23N3O. The lowest BCUT2D eigenvalue weighted by Gasteiger charge is -2.26. The highest BCUT2D eigenvalue weighted by atomic mass is 16.3. The lowest BCUT2D eigenvalue weighted by atomic mass is 9.82. The van der Waals surface area contributed by atoms with E-state index < -0.39 is 0 Å². The zero-order chi connectivity index (χ0) is 12.5. The first-order valence-electron chi connectivity index (χ1n) is 6.52. The van der Waals surface area contributed by atoms with Crippen molar-refractivity contribution in [3.8, 4) is 0 Å². The van der Waals surface area contributed by atoms with Crippen molar-refractivity contribution >= 4 is 0 Å². The number of hydrogen-bond acceptors (Lipinski definition) is 3. The summed E-state index contributed by atoms with van der Waals surface area (Å²) in [7, 11) is 0. The summed E-state index contributed by atoms with van der Waals surface area (Å²) in [4.78, 5) is 4.35. The van der Waals surface area contributed by atoms with Gasteiger partial charge in [-0.25, -0.2) is 9.67 Å². The van der Waals surface area contributed by atoms with E-state index in [1.807, 2.05) is 4.68 Å². The predicted molar refractivity (Wildman–Crippen MR) is 66.5 cm³/mol. The predicted octanol–water partition coefficient (Wildman–Crippen LogP) is 1.89. The molecule has 1 N–H and O–H groups in total. The molecule has 4 nitrogen and oxygen atoms in total. The van der Waals surface area contributed by atoms with Gasteiger partial charge in [-0.15, -0.1) is 0 Å². The average Bonchev–Trinajstić information content (AvgIpc) is 3.04. The van der Waals surface area contributed by atoms with Crippen LogP contribution in [0.4, 0.5) is 0 Å². The summed E-state index contributed by atoms with van der Waals surface area (Å²) < 4.78 is 1.99. The summed E-state index contributed by atoms with van der Waals surface area (Å²) in [6, 6.07) is 0. The van der Waals surface area contributed by atoms with Crippen molar-refractivity contribution in [2.24, 2.45) is 17.3 Å². The SMILES string of the molecule is CC(C)Cn1ncnc1CC(C)(CO)C1CC1. The highest BCUT2D eigenvalue weighted by Crippen LogP contribution is 2.46. The number of nitrogens with zero attached hydrogens (tertiary/aromatic N) is 3. The maximum atomic E-state index is 9.61. The second-order valence-electron chi connectivity index (χ2n) is 6.02. The number of rotatable bonds is 6. The number of hydrogen-bond donors (Lipinski definition) is 1. The maximum Gasteiger partial charge on any atom is 0.138 e. The van der Waals surface area contributed by atoms with Gasteiger partial charge < -0.3 is 5.11 Å². The van der Waals surface area contributed by atoms with Crippen LogP contribution in [0.1, 0.15) is 39.4 Å². The molecule has 17 heavy (non-hydrogen) atoms. The Morgan fingerprint density at radius 1 is 1.53 bits per heavy atom. The molecule has 0 aromatic carbocycles. The van der Waals surface area contributed by atoms with Crippen molar-refractivity contribution in [2.75, 3.05) is 6.61 Å². The van der Waals surface area contributed by atoms with Crippen molar-refractivity contribution < 1.29 is 5.11 Å². The Balaban J connectivity index is 2.09. The van der Waals surface area contributed by atoms with Crippen LogP contribution in [0.5, 0.6) is 0 Å². The zero-order valence-corrected chi connectivity index (χ0v) is 11.1. The Labute approximate surface area is 103 Å². The van der Waals surface area contributed by atoms with E-state index in [4.69, 9.17) is 0 Å². The van der Waals surface area contributed by atoms with Gasteiger partial charge in [0.05, 0.1) is 0 Å². The molecule has 0 amide bonds. The topological polar surface area (TPSA) is 50.9 Å². The van der Waals surface area contributed by atoms with Gasteiger partial charge in [0, 0.05) is 25.0 Å². The molecule has 1 aliphatic rings. The Kier molecular flexibility index (Phi) is 3.52. The maximum absolute atomic E-state index is 9.61. The van der Waals surface area contributed by atoms with E-state index >= 15 is 0 Å². The number of aliphatic hydroxyl groups is 1. The van der Waals surface area contributed by atoms with Gasteiger partial charge in [0.1, 0.15) is 12.2 Å². The second kappa shape index (κ2) is 4.77. The summed E-state index contributed by atoms with van der Waals surface area (Å²) in [5.74, 6) is 2.25. The fourth-order valence-electron chi connectivity index (χ4n) is 2.39. The molecule has 1 saturated carbocycles. The molecule has 4 heteroatoms. The summed E-state index contributed by atoms with van der Waals surface area (Å²) >= 11 is 0. The van der Waals surface area contributed by atoms with E-state index in [-0.39, 0.29) is 12.0 Å². The van der Waals surface area contributed by atoms with E-state index in [9.17, 15) is 5.11 Å². The zero-order valence-electron chi connectivity index (χ0n) is 11.1. The Hall–Kier alpha value is -0.900. The highest BCUT2D eigenvalue weighted by Gasteiger charge is 2.41. The quantitative estimate of drug-likeness (QED) is 0.822. The minimum Gasteiger partial charge on any atom is -0.396 e. The standard InChI is InChI=1S/C13H23N3O/c1-10(2)7-16-12(14-9-15-16)6-13(3,8-17)11-4-5-11/h9-11,17H,4-8H2,1-3H3. The molecule has 0 spiro atoms. The van der Waals surface area contributed by atoms with Crippen LogP contribution in [0, 0.1) is 17.3 Å². The van der Waals surface area contributed by atoms with Crippen LogP contribution < -0.4 is 0 Å². The van der Waals surface area contributed by atoms with Gasteiger partial charge >= 0.3 is 0 Å². The highest BCUT2D eigenvalue weighted by molar-refractivity contribution is 4.99. The summed E-state index contributed by atoms with van der Waals surface area (Å²) in [6.07, 6.45) is 4.95. The molecular weight excluding hydrogens is 214 g/mol. The Bertz CT molecular complexity index is 370. The molecule has 1 unspecified atom stereocenters. The first kappa shape index (κ1) is 12.6. The summed E-state index contributed by atoms with van der Waals surface area (Å²) in [5, 5.41) is 13.9. The van der Waals surface area contributed by atoms with Gasteiger partial charge in [-0.05, 0) is 24.7 Å². The molecule has 0 bridgehead atoms. The molecule has 1 aliphatic carbocycles. The normalized spacial score (nSPS) is 19.6. The Morgan fingerprint density at radius 2 is 2.24 bits per heavy atom. The minimum atomic E-state index is -0.0121. The third-order valence-corrected chi connectivity index (χ3v) is 3.72. The van der Waals surface area contributed by atoms with Crippen LogP contribution >= 0.6 is 0 Å². The Morgan fingerprint density at radius 3 is 2.76 bits per heavy atom. The van der Waals surface area contributed by atoms with Crippen LogP contribution in [0.3, 0.4) is 0 Å². The third kappa shape index (κ3) is 2.86. The summed E-state index contributed by atoms with van der Waals surface area (Å²) in [6.45, 7) is 7.67. The van der Waals surface area contributed by atoms with Gasteiger partial charge in [0.15, 0.2) is 0 Å². The molecule has 1 aromatic rings. The second-order valence-corrected chi connectivity index (χ2v) is 6.02. The molecule has 0 aliphatic heterocycles.